The maximum Gasteiger partial charge on any atom is 0.252 e. The molecule has 0 aliphatic carbocycles. The number of hydrogen-bond donors (Lipinski definition) is 3. The van der Waals surface area contributed by atoms with Crippen LogP contribution in [-0.2, 0) is 9.84 Å². The van der Waals surface area contributed by atoms with Crippen LogP contribution in [0.15, 0.2) is 76.7 Å². The summed E-state index contributed by atoms with van der Waals surface area (Å²) in [5, 5.41) is 14.5. The number of amides is 2. The zero-order valence-corrected chi connectivity index (χ0v) is 20.8. The Morgan fingerprint density at radius 2 is 1.89 bits per heavy atom. The minimum Gasteiger partial charge on any atom is -0.352 e. The average molecular weight is 520 g/mol. The summed E-state index contributed by atoms with van der Waals surface area (Å²) in [5.41, 5.74) is 4.82. The molecule has 10 heteroatoms. The van der Waals surface area contributed by atoms with E-state index < -0.39 is 5.91 Å². The molecule has 0 unspecified atom stereocenters. The minimum absolute atomic E-state index is 0.156. The third-order valence-corrected chi connectivity index (χ3v) is 6.61. The van der Waals surface area contributed by atoms with Crippen molar-refractivity contribution in [2.24, 2.45) is 0 Å². The van der Waals surface area contributed by atoms with E-state index in [1.807, 2.05) is 66.7 Å². The zero-order chi connectivity index (χ0) is 25.9. The van der Waals surface area contributed by atoms with Gasteiger partial charge in [0.1, 0.15) is 0 Å². The Morgan fingerprint density at radius 1 is 1.03 bits per heavy atom. The lowest BCUT2D eigenvalue weighted by Crippen LogP contribution is -2.25. The maximum atomic E-state index is 12.8. The van der Waals surface area contributed by atoms with E-state index in [1.54, 1.807) is 17.7 Å². The van der Waals surface area contributed by atoms with E-state index in [1.165, 1.54) is 11.8 Å². The van der Waals surface area contributed by atoms with Crippen LogP contribution in [0.5, 0.6) is 0 Å². The Balaban J connectivity index is 1.35. The molecule has 190 valence electrons. The van der Waals surface area contributed by atoms with Crippen LogP contribution in [0.3, 0.4) is 0 Å². The summed E-state index contributed by atoms with van der Waals surface area (Å²) in [6.07, 6.45) is 7.78. The van der Waals surface area contributed by atoms with Crippen molar-refractivity contribution >= 4 is 46.6 Å². The molecule has 4 aromatic rings. The van der Waals surface area contributed by atoms with Crippen LogP contribution < -0.4 is 10.8 Å². The van der Waals surface area contributed by atoms with Crippen molar-refractivity contribution in [1.82, 2.24) is 26.0 Å². The molecule has 0 aliphatic heterocycles. The van der Waals surface area contributed by atoms with Gasteiger partial charge in [-0.25, -0.2) is 0 Å². The number of pyridine rings is 1. The molecule has 0 bridgehead atoms. The first kappa shape index (κ1) is 26.1. The molecular formula is C27H26FN5O3S. The number of fused-ring (bicyclic) bond motifs is 1. The number of halogens is 1. The van der Waals surface area contributed by atoms with Crippen molar-refractivity contribution < 1.29 is 19.2 Å². The third kappa shape index (κ3) is 7.48. The summed E-state index contributed by atoms with van der Waals surface area (Å²) in [4.78, 5) is 30.1. The fourth-order valence-corrected chi connectivity index (χ4v) is 4.68. The van der Waals surface area contributed by atoms with E-state index >= 15 is 0 Å². The average Bonchev–Trinajstić information content (AvgIpc) is 3.32. The number of nitrogens with zero attached hydrogens (tertiary/aromatic N) is 2. The third-order valence-electron chi connectivity index (χ3n) is 5.54. The van der Waals surface area contributed by atoms with Gasteiger partial charge in [0.25, 0.3) is 5.91 Å². The standard InChI is InChI=1S/C27H26FN5O3S/c28-36-33-26(34)11-2-1-6-17-30-27(35)22-9-3-4-10-25(22)37-20-13-14-21-23(31-32-24(21)18-20)15-12-19-8-5-7-16-29-19/h3-5,7-10,12-16,18H,1-2,6,11,17H2,(H,30,35)(H,31,32)(H,33,34)/b15-12+. The van der Waals surface area contributed by atoms with Gasteiger partial charge >= 0.3 is 0 Å². The van der Waals surface area contributed by atoms with Crippen LogP contribution in [0.25, 0.3) is 23.1 Å². The Labute approximate surface area is 217 Å². The first-order valence-corrected chi connectivity index (χ1v) is 12.6. The molecule has 8 nitrogen and oxygen atoms in total. The lowest BCUT2D eigenvalue weighted by molar-refractivity contribution is -0.198. The van der Waals surface area contributed by atoms with E-state index in [0.717, 1.165) is 38.5 Å². The van der Waals surface area contributed by atoms with Gasteiger partial charge in [-0.05, 0) is 72.0 Å². The smallest absolute Gasteiger partial charge is 0.252 e. The lowest BCUT2D eigenvalue weighted by atomic mass is 10.1. The molecule has 2 amide bonds. The van der Waals surface area contributed by atoms with Gasteiger partial charge < -0.3 is 5.32 Å². The zero-order valence-electron chi connectivity index (χ0n) is 19.9. The molecule has 0 atom stereocenters. The molecule has 0 spiro atoms. The molecule has 4 rings (SSSR count). The summed E-state index contributed by atoms with van der Waals surface area (Å²) < 4.78 is 11.6. The largest absolute Gasteiger partial charge is 0.352 e. The highest BCUT2D eigenvalue weighted by Crippen LogP contribution is 2.33. The van der Waals surface area contributed by atoms with Crippen molar-refractivity contribution in [2.45, 2.75) is 35.5 Å². The quantitative estimate of drug-likeness (QED) is 0.168. The van der Waals surface area contributed by atoms with Gasteiger partial charge in [-0.1, -0.05) is 41.4 Å². The van der Waals surface area contributed by atoms with Crippen LogP contribution in [0.2, 0.25) is 0 Å². The monoisotopic (exact) mass is 519 g/mol. The number of benzene rings is 2. The van der Waals surface area contributed by atoms with E-state index in [9.17, 15) is 14.1 Å². The first-order valence-electron chi connectivity index (χ1n) is 11.8. The molecule has 2 aromatic heterocycles. The minimum atomic E-state index is -0.511. The molecular weight excluding hydrogens is 493 g/mol. The summed E-state index contributed by atoms with van der Waals surface area (Å²) in [6, 6.07) is 19.3. The molecule has 37 heavy (non-hydrogen) atoms. The molecule has 2 aromatic carbocycles. The highest BCUT2D eigenvalue weighted by atomic mass is 32.2. The molecule has 0 saturated carbocycles. The fourth-order valence-electron chi connectivity index (χ4n) is 3.70. The van der Waals surface area contributed by atoms with Gasteiger partial charge in [0, 0.05) is 34.3 Å². The molecule has 0 aliphatic rings. The second-order valence-corrected chi connectivity index (χ2v) is 9.29. The van der Waals surface area contributed by atoms with E-state index in [0.29, 0.717) is 24.9 Å². The number of nitrogens with one attached hydrogen (secondary N) is 3. The number of aromatic amines is 1. The lowest BCUT2D eigenvalue weighted by Gasteiger charge is -2.10. The van der Waals surface area contributed by atoms with Crippen molar-refractivity contribution in [3.8, 4) is 0 Å². The number of hydrogen-bond acceptors (Lipinski definition) is 6. The second-order valence-electron chi connectivity index (χ2n) is 8.17. The molecule has 2 heterocycles. The van der Waals surface area contributed by atoms with Crippen molar-refractivity contribution in [3.05, 3.63) is 83.8 Å². The van der Waals surface area contributed by atoms with E-state index in [2.05, 4.69) is 25.5 Å². The predicted molar refractivity (Wildman–Crippen MR) is 141 cm³/mol. The van der Waals surface area contributed by atoms with Gasteiger partial charge in [-0.2, -0.15) is 10.6 Å². The van der Waals surface area contributed by atoms with E-state index in [4.69, 9.17) is 0 Å². The van der Waals surface area contributed by atoms with Crippen molar-refractivity contribution in [1.29, 1.82) is 0 Å². The SMILES string of the molecule is O=C(CCCCCNC(=O)c1ccccc1Sc1ccc2c(/C=C/c3ccccn3)n[nH]c2c1)NOF. The highest BCUT2D eigenvalue weighted by Gasteiger charge is 2.13. The number of carbonyl (C=O) groups is 2. The van der Waals surface area contributed by atoms with Gasteiger partial charge in [0.2, 0.25) is 5.91 Å². The van der Waals surface area contributed by atoms with Gasteiger partial charge in [-0.3, -0.25) is 19.7 Å². The number of carbonyl (C=O) groups excluding carboxylic acids is 2. The van der Waals surface area contributed by atoms with E-state index in [-0.39, 0.29) is 12.3 Å². The maximum absolute atomic E-state index is 12.8. The predicted octanol–water partition coefficient (Wildman–Crippen LogP) is 5.50. The van der Waals surface area contributed by atoms with Gasteiger partial charge in [0.15, 0.2) is 0 Å². The second kappa shape index (κ2) is 13.3. The van der Waals surface area contributed by atoms with Crippen LogP contribution in [0.4, 0.5) is 4.53 Å². The number of rotatable bonds is 12. The Morgan fingerprint density at radius 3 is 2.73 bits per heavy atom. The fraction of sp³-hybridized carbons (Fsp3) is 0.185. The Bertz CT molecular complexity index is 1380. The topological polar surface area (TPSA) is 109 Å². The van der Waals surface area contributed by atoms with Crippen molar-refractivity contribution in [2.75, 3.05) is 6.54 Å². The summed E-state index contributed by atoms with van der Waals surface area (Å²) in [6.45, 7) is 0.480. The van der Waals surface area contributed by atoms with Crippen LogP contribution in [-0.4, -0.2) is 33.5 Å². The van der Waals surface area contributed by atoms with Crippen LogP contribution in [0, 0.1) is 0 Å². The van der Waals surface area contributed by atoms with Crippen LogP contribution >= 0.6 is 11.8 Å². The van der Waals surface area contributed by atoms with Crippen molar-refractivity contribution in [3.63, 3.8) is 0 Å². The highest BCUT2D eigenvalue weighted by molar-refractivity contribution is 7.99. The number of unbranched alkanes of at least 4 members (excludes halogenated alkanes) is 2. The molecule has 0 saturated heterocycles. The van der Waals surface area contributed by atoms with Gasteiger partial charge in [-0.15, -0.1) is 0 Å². The Kier molecular flexibility index (Phi) is 9.39. The normalized spacial score (nSPS) is 11.2. The number of aromatic nitrogens is 3. The Hall–Kier alpha value is -4.02. The molecule has 3 N–H and O–H groups in total. The van der Waals surface area contributed by atoms with Gasteiger partial charge in [0.05, 0.1) is 22.5 Å². The molecule has 0 radical (unpaired) electrons. The van der Waals surface area contributed by atoms with Crippen LogP contribution in [0.1, 0.15) is 47.4 Å². The summed E-state index contributed by atoms with van der Waals surface area (Å²) in [5.74, 6) is -0.667. The number of hydroxylamine groups is 1. The summed E-state index contributed by atoms with van der Waals surface area (Å²) in [7, 11) is 0. The number of H-pyrrole nitrogens is 1. The summed E-state index contributed by atoms with van der Waals surface area (Å²) >= 11 is 1.51. The molecule has 0 fully saturated rings. The first-order chi connectivity index (χ1) is 18.1.